The van der Waals surface area contributed by atoms with E-state index in [1.54, 1.807) is 29.8 Å². The molecule has 1 aromatic carbocycles. The molecule has 8 heteroatoms. The lowest BCUT2D eigenvalue weighted by molar-refractivity contribution is 0.414. The minimum Gasteiger partial charge on any atom is -0.497 e. The van der Waals surface area contributed by atoms with Gasteiger partial charge in [-0.25, -0.2) is 9.67 Å². The number of tetrazole rings is 1. The first kappa shape index (κ1) is 15.5. The number of thioether (sulfide) groups is 1. The zero-order chi connectivity index (χ0) is 16.4. The van der Waals surface area contributed by atoms with Gasteiger partial charge in [-0.2, -0.15) is 0 Å². The van der Waals surface area contributed by atoms with Gasteiger partial charge in [-0.3, -0.25) is 4.57 Å². The van der Waals surface area contributed by atoms with Crippen molar-refractivity contribution in [2.24, 2.45) is 7.05 Å². The Morgan fingerprint density at radius 2 is 2.13 bits per heavy atom. The third-order valence-corrected chi connectivity index (χ3v) is 4.65. The van der Waals surface area contributed by atoms with Crippen LogP contribution < -0.4 is 4.74 Å². The molecular weight excluding hydrogens is 312 g/mol. The van der Waals surface area contributed by atoms with Crippen LogP contribution in [0.3, 0.4) is 0 Å². The van der Waals surface area contributed by atoms with E-state index in [4.69, 9.17) is 4.74 Å². The molecule has 0 radical (unpaired) electrons. The Morgan fingerprint density at radius 1 is 1.30 bits per heavy atom. The number of rotatable bonds is 5. The molecule has 120 valence electrons. The zero-order valence-corrected chi connectivity index (χ0v) is 14.3. The number of hydrogen-bond donors (Lipinski definition) is 0. The second kappa shape index (κ2) is 6.41. The van der Waals surface area contributed by atoms with E-state index in [1.165, 1.54) is 0 Å². The summed E-state index contributed by atoms with van der Waals surface area (Å²) in [4.78, 5) is 4.47. The van der Waals surface area contributed by atoms with Crippen molar-refractivity contribution in [3.8, 4) is 11.4 Å². The Kier molecular flexibility index (Phi) is 4.33. The number of nitrogens with zero attached hydrogens (tertiary/aromatic N) is 6. The number of methoxy groups -OCH3 is 1. The van der Waals surface area contributed by atoms with Crippen LogP contribution in [-0.2, 0) is 7.05 Å². The van der Waals surface area contributed by atoms with Crippen molar-refractivity contribution in [3.05, 3.63) is 42.0 Å². The number of hydrogen-bond acceptors (Lipinski definition) is 6. The van der Waals surface area contributed by atoms with E-state index < -0.39 is 0 Å². The van der Waals surface area contributed by atoms with E-state index in [2.05, 4.69) is 38.9 Å². The highest BCUT2D eigenvalue weighted by atomic mass is 32.2. The summed E-state index contributed by atoms with van der Waals surface area (Å²) in [6, 6.07) is 6.00. The van der Waals surface area contributed by atoms with Crippen molar-refractivity contribution in [2.45, 2.75) is 24.3 Å². The molecule has 0 saturated heterocycles. The molecule has 0 N–H and O–H groups in total. The molecule has 2 aromatic heterocycles. The number of aryl methyl sites for hydroxylation is 2. The van der Waals surface area contributed by atoms with E-state index in [0.29, 0.717) is 0 Å². The fourth-order valence-electron chi connectivity index (χ4n) is 2.38. The highest BCUT2D eigenvalue weighted by Gasteiger charge is 2.18. The Hall–Kier alpha value is -2.35. The minimum absolute atomic E-state index is 0.0923. The van der Waals surface area contributed by atoms with Crippen LogP contribution in [0.25, 0.3) is 5.69 Å². The quantitative estimate of drug-likeness (QED) is 0.670. The van der Waals surface area contributed by atoms with Crippen molar-refractivity contribution < 1.29 is 4.74 Å². The molecule has 2 heterocycles. The van der Waals surface area contributed by atoms with Gasteiger partial charge in [0.05, 0.1) is 18.0 Å². The molecule has 0 fully saturated rings. The molecule has 0 aliphatic rings. The molecule has 3 rings (SSSR count). The maximum absolute atomic E-state index is 5.27. The molecule has 0 bridgehead atoms. The molecule has 1 atom stereocenters. The second-order valence-corrected chi connectivity index (χ2v) is 6.46. The van der Waals surface area contributed by atoms with Gasteiger partial charge < -0.3 is 4.74 Å². The smallest absolute Gasteiger partial charge is 0.173 e. The first-order chi connectivity index (χ1) is 11.1. The Bertz CT molecular complexity index is 812. The Balaban J connectivity index is 1.89. The summed E-state index contributed by atoms with van der Waals surface area (Å²) < 4.78 is 9.02. The van der Waals surface area contributed by atoms with E-state index >= 15 is 0 Å². The molecule has 23 heavy (non-hydrogen) atoms. The van der Waals surface area contributed by atoms with Crippen LogP contribution in [0.2, 0.25) is 0 Å². The van der Waals surface area contributed by atoms with E-state index in [9.17, 15) is 0 Å². The molecule has 0 aliphatic carbocycles. The first-order valence-electron chi connectivity index (χ1n) is 7.17. The molecule has 0 spiro atoms. The van der Waals surface area contributed by atoms with Crippen molar-refractivity contribution in [1.29, 1.82) is 0 Å². The van der Waals surface area contributed by atoms with Crippen molar-refractivity contribution >= 4 is 11.8 Å². The fraction of sp³-hybridized carbons (Fsp3) is 0.333. The van der Waals surface area contributed by atoms with Crippen LogP contribution in [0.1, 0.15) is 23.6 Å². The predicted molar refractivity (Wildman–Crippen MR) is 87.9 cm³/mol. The van der Waals surface area contributed by atoms with Gasteiger partial charge in [0.25, 0.3) is 0 Å². The number of aromatic nitrogens is 6. The molecule has 0 unspecified atom stereocenters. The maximum Gasteiger partial charge on any atom is 0.173 e. The normalized spacial score (nSPS) is 12.3. The summed E-state index contributed by atoms with van der Waals surface area (Å²) in [5.74, 6) is 1.66. The summed E-state index contributed by atoms with van der Waals surface area (Å²) in [6.45, 7) is 4.12. The van der Waals surface area contributed by atoms with Crippen molar-refractivity contribution in [3.63, 3.8) is 0 Å². The molecule has 0 aliphatic heterocycles. The first-order valence-corrected chi connectivity index (χ1v) is 8.05. The summed E-state index contributed by atoms with van der Waals surface area (Å²) in [7, 11) is 3.51. The highest BCUT2D eigenvalue weighted by molar-refractivity contribution is 7.99. The maximum atomic E-state index is 5.27. The van der Waals surface area contributed by atoms with Crippen LogP contribution in [0.15, 0.2) is 35.7 Å². The van der Waals surface area contributed by atoms with Crippen molar-refractivity contribution in [2.75, 3.05) is 7.11 Å². The molecule has 0 amide bonds. The second-order valence-electron chi connectivity index (χ2n) is 5.15. The van der Waals surface area contributed by atoms with E-state index in [-0.39, 0.29) is 5.25 Å². The lowest BCUT2D eigenvalue weighted by Gasteiger charge is -2.14. The van der Waals surface area contributed by atoms with Crippen LogP contribution in [0.4, 0.5) is 0 Å². The highest BCUT2D eigenvalue weighted by Crippen LogP contribution is 2.34. The zero-order valence-electron chi connectivity index (χ0n) is 13.5. The topological polar surface area (TPSA) is 70.7 Å². The van der Waals surface area contributed by atoms with Crippen molar-refractivity contribution in [1.82, 2.24) is 29.8 Å². The molecular formula is C15H18N6OS. The predicted octanol–water partition coefficient (Wildman–Crippen LogP) is 2.57. The van der Waals surface area contributed by atoms with Crippen LogP contribution >= 0.6 is 11.8 Å². The number of ether oxygens (including phenoxy) is 1. The third kappa shape index (κ3) is 3.07. The standard InChI is InChI=1S/C15H18N6OS/c1-10-9-12(22-4)5-6-13(10)21-8-7-16-15(21)23-11(2)14-17-18-19-20(14)3/h5-9,11H,1-4H3/t11-/m0/s1. The lowest BCUT2D eigenvalue weighted by Crippen LogP contribution is -2.04. The number of imidazole rings is 1. The summed E-state index contributed by atoms with van der Waals surface area (Å²) >= 11 is 1.62. The Labute approximate surface area is 138 Å². The minimum atomic E-state index is 0.0923. The van der Waals surface area contributed by atoms with Gasteiger partial charge in [-0.1, -0.05) is 11.8 Å². The van der Waals surface area contributed by atoms with Gasteiger partial charge in [0.2, 0.25) is 0 Å². The lowest BCUT2D eigenvalue weighted by atomic mass is 10.2. The van der Waals surface area contributed by atoms with Gasteiger partial charge >= 0.3 is 0 Å². The Morgan fingerprint density at radius 3 is 2.78 bits per heavy atom. The number of benzene rings is 1. The average Bonchev–Trinajstić information content (AvgIpc) is 3.16. The fourth-order valence-corrected chi connectivity index (χ4v) is 3.39. The van der Waals surface area contributed by atoms with Gasteiger partial charge in [0, 0.05) is 19.4 Å². The molecule has 7 nitrogen and oxygen atoms in total. The van der Waals surface area contributed by atoms with Crippen LogP contribution in [0, 0.1) is 6.92 Å². The van der Waals surface area contributed by atoms with Crippen LogP contribution in [-0.4, -0.2) is 36.9 Å². The largest absolute Gasteiger partial charge is 0.497 e. The summed E-state index contributed by atoms with van der Waals surface area (Å²) in [6.07, 6.45) is 3.76. The third-order valence-electron chi connectivity index (χ3n) is 3.57. The summed E-state index contributed by atoms with van der Waals surface area (Å²) in [5, 5.41) is 12.6. The van der Waals surface area contributed by atoms with E-state index in [1.807, 2.05) is 31.4 Å². The molecule has 3 aromatic rings. The average molecular weight is 330 g/mol. The van der Waals surface area contributed by atoms with Crippen LogP contribution in [0.5, 0.6) is 5.75 Å². The van der Waals surface area contributed by atoms with E-state index in [0.717, 1.165) is 28.0 Å². The van der Waals surface area contributed by atoms with Gasteiger partial charge in [-0.05, 0) is 48.0 Å². The molecule has 0 saturated carbocycles. The summed E-state index contributed by atoms with van der Waals surface area (Å²) in [5.41, 5.74) is 2.20. The monoisotopic (exact) mass is 330 g/mol. The van der Waals surface area contributed by atoms with Gasteiger partial charge in [0.1, 0.15) is 5.75 Å². The van der Waals surface area contributed by atoms with Gasteiger partial charge in [-0.15, -0.1) is 5.10 Å². The SMILES string of the molecule is COc1ccc(-n2ccnc2S[C@@H](C)c2nnnn2C)c(C)c1. The van der Waals surface area contributed by atoms with Gasteiger partial charge in [0.15, 0.2) is 11.0 Å².